The van der Waals surface area contributed by atoms with Gasteiger partial charge < -0.3 is 10.1 Å². The standard InChI is InChI=1S/C15H12Cl2N2O2/c1-21-15-10(7-11(16)8-13(15)17)4-5-14(20)19-12-3-2-6-18-9-12/h2-9H,1H3,(H,19,20). The van der Waals surface area contributed by atoms with Crippen LogP contribution in [0.25, 0.3) is 6.08 Å². The first-order valence-electron chi connectivity index (χ1n) is 6.02. The zero-order chi connectivity index (χ0) is 15.2. The molecule has 21 heavy (non-hydrogen) atoms. The molecule has 2 aromatic rings. The Hall–Kier alpha value is -2.04. The van der Waals surface area contributed by atoms with E-state index < -0.39 is 0 Å². The lowest BCUT2D eigenvalue weighted by Gasteiger charge is -2.07. The average Bonchev–Trinajstić information content (AvgIpc) is 2.45. The highest BCUT2D eigenvalue weighted by Crippen LogP contribution is 2.32. The fourth-order valence-electron chi connectivity index (χ4n) is 1.71. The fraction of sp³-hybridized carbons (Fsp3) is 0.0667. The second-order valence-electron chi connectivity index (χ2n) is 4.07. The first-order valence-corrected chi connectivity index (χ1v) is 6.78. The van der Waals surface area contributed by atoms with Gasteiger partial charge in [0.15, 0.2) is 0 Å². The highest BCUT2D eigenvalue weighted by Gasteiger charge is 2.08. The molecule has 108 valence electrons. The number of carbonyl (C=O) groups excluding carboxylic acids is 1. The highest BCUT2D eigenvalue weighted by atomic mass is 35.5. The van der Waals surface area contributed by atoms with E-state index in [9.17, 15) is 4.79 Å². The molecule has 0 aliphatic rings. The summed E-state index contributed by atoms with van der Waals surface area (Å²) in [5.74, 6) is 0.174. The number of carbonyl (C=O) groups is 1. The van der Waals surface area contributed by atoms with E-state index in [0.29, 0.717) is 27.0 Å². The van der Waals surface area contributed by atoms with Gasteiger partial charge in [0.05, 0.1) is 24.0 Å². The van der Waals surface area contributed by atoms with Crippen molar-refractivity contribution in [3.63, 3.8) is 0 Å². The third kappa shape index (κ3) is 4.21. The van der Waals surface area contributed by atoms with Crippen LogP contribution in [0, 0.1) is 0 Å². The van der Waals surface area contributed by atoms with Crippen molar-refractivity contribution in [2.45, 2.75) is 0 Å². The molecular weight excluding hydrogens is 311 g/mol. The number of nitrogens with one attached hydrogen (secondary N) is 1. The van der Waals surface area contributed by atoms with E-state index in [2.05, 4.69) is 10.3 Å². The van der Waals surface area contributed by atoms with Crippen LogP contribution in [0.2, 0.25) is 10.0 Å². The number of ether oxygens (including phenoxy) is 1. The fourth-order valence-corrected chi connectivity index (χ4v) is 2.29. The summed E-state index contributed by atoms with van der Waals surface area (Å²) in [5.41, 5.74) is 1.24. The van der Waals surface area contributed by atoms with Gasteiger partial charge in [-0.1, -0.05) is 23.2 Å². The van der Waals surface area contributed by atoms with Crippen molar-refractivity contribution in [3.05, 3.63) is 58.3 Å². The number of halogens is 2. The van der Waals surface area contributed by atoms with Crippen molar-refractivity contribution in [2.75, 3.05) is 12.4 Å². The Labute approximate surface area is 132 Å². The number of hydrogen-bond acceptors (Lipinski definition) is 3. The third-order valence-corrected chi connectivity index (χ3v) is 3.08. The maximum Gasteiger partial charge on any atom is 0.248 e. The predicted octanol–water partition coefficient (Wildman–Crippen LogP) is 4.05. The molecule has 0 fully saturated rings. The van der Waals surface area contributed by atoms with Gasteiger partial charge >= 0.3 is 0 Å². The Kier molecular flexibility index (Phi) is 5.20. The van der Waals surface area contributed by atoms with Crippen LogP contribution in [0.3, 0.4) is 0 Å². The van der Waals surface area contributed by atoms with Gasteiger partial charge in [-0.15, -0.1) is 0 Å². The van der Waals surface area contributed by atoms with Crippen LogP contribution in [-0.4, -0.2) is 18.0 Å². The summed E-state index contributed by atoms with van der Waals surface area (Å²) >= 11 is 12.0. The second kappa shape index (κ2) is 7.11. The Morgan fingerprint density at radius 3 is 2.86 bits per heavy atom. The summed E-state index contributed by atoms with van der Waals surface area (Å²) in [7, 11) is 1.50. The smallest absolute Gasteiger partial charge is 0.248 e. The van der Waals surface area contributed by atoms with Crippen molar-refractivity contribution >= 4 is 40.9 Å². The zero-order valence-corrected chi connectivity index (χ0v) is 12.7. The number of methoxy groups -OCH3 is 1. The quantitative estimate of drug-likeness (QED) is 0.864. The monoisotopic (exact) mass is 322 g/mol. The molecule has 1 heterocycles. The SMILES string of the molecule is COc1c(Cl)cc(Cl)cc1C=CC(=O)Nc1cccnc1. The predicted molar refractivity (Wildman–Crippen MR) is 84.9 cm³/mol. The lowest BCUT2D eigenvalue weighted by molar-refractivity contribution is -0.111. The van der Waals surface area contributed by atoms with Crippen LogP contribution in [0.15, 0.2) is 42.7 Å². The Balaban J connectivity index is 2.16. The normalized spacial score (nSPS) is 10.6. The minimum Gasteiger partial charge on any atom is -0.495 e. The van der Waals surface area contributed by atoms with E-state index in [0.717, 1.165) is 0 Å². The van der Waals surface area contributed by atoms with Gasteiger partial charge in [0.25, 0.3) is 0 Å². The summed E-state index contributed by atoms with van der Waals surface area (Å²) in [4.78, 5) is 15.7. The Morgan fingerprint density at radius 1 is 1.38 bits per heavy atom. The van der Waals surface area contributed by atoms with Crippen LogP contribution in [-0.2, 0) is 4.79 Å². The topological polar surface area (TPSA) is 51.2 Å². The molecule has 0 aliphatic heterocycles. The molecule has 1 aromatic carbocycles. The largest absolute Gasteiger partial charge is 0.495 e. The van der Waals surface area contributed by atoms with Gasteiger partial charge in [0, 0.05) is 22.9 Å². The molecule has 0 radical (unpaired) electrons. The van der Waals surface area contributed by atoms with Gasteiger partial charge in [-0.3, -0.25) is 9.78 Å². The van der Waals surface area contributed by atoms with E-state index in [4.69, 9.17) is 27.9 Å². The molecule has 6 heteroatoms. The lowest BCUT2D eigenvalue weighted by atomic mass is 10.2. The van der Waals surface area contributed by atoms with Crippen molar-refractivity contribution in [1.29, 1.82) is 0 Å². The number of rotatable bonds is 4. The Morgan fingerprint density at radius 2 is 2.19 bits per heavy atom. The maximum absolute atomic E-state index is 11.8. The minimum atomic E-state index is -0.291. The number of anilines is 1. The number of pyridine rings is 1. The van der Waals surface area contributed by atoms with E-state index in [1.807, 2.05) is 0 Å². The molecule has 0 saturated carbocycles. The maximum atomic E-state index is 11.8. The molecule has 0 spiro atoms. The van der Waals surface area contributed by atoms with E-state index in [1.54, 1.807) is 42.7 Å². The number of aromatic nitrogens is 1. The number of amides is 1. The number of benzene rings is 1. The summed E-state index contributed by atoms with van der Waals surface area (Å²) in [6.07, 6.45) is 6.15. The lowest BCUT2D eigenvalue weighted by Crippen LogP contribution is -2.07. The molecule has 0 atom stereocenters. The average molecular weight is 323 g/mol. The van der Waals surface area contributed by atoms with Gasteiger partial charge in [-0.05, 0) is 30.3 Å². The van der Waals surface area contributed by atoms with Crippen molar-refractivity contribution < 1.29 is 9.53 Å². The van der Waals surface area contributed by atoms with Gasteiger partial charge in [0.1, 0.15) is 5.75 Å². The van der Waals surface area contributed by atoms with Crippen LogP contribution in [0.1, 0.15) is 5.56 Å². The van der Waals surface area contributed by atoms with E-state index >= 15 is 0 Å². The van der Waals surface area contributed by atoms with Gasteiger partial charge in [0.2, 0.25) is 5.91 Å². The summed E-state index contributed by atoms with van der Waals surface area (Å²) in [6, 6.07) is 6.73. The first kappa shape index (κ1) is 15.4. The molecule has 1 N–H and O–H groups in total. The molecular formula is C15H12Cl2N2O2. The third-order valence-electron chi connectivity index (χ3n) is 2.58. The van der Waals surface area contributed by atoms with Crippen molar-refractivity contribution in [3.8, 4) is 5.75 Å². The van der Waals surface area contributed by atoms with Crippen LogP contribution >= 0.6 is 23.2 Å². The summed E-state index contributed by atoms with van der Waals surface area (Å²) in [5, 5.41) is 3.54. The molecule has 1 amide bonds. The highest BCUT2D eigenvalue weighted by molar-refractivity contribution is 6.36. The number of hydrogen-bond donors (Lipinski definition) is 1. The molecule has 1 aromatic heterocycles. The summed E-state index contributed by atoms with van der Waals surface area (Å²) in [6.45, 7) is 0. The van der Waals surface area contributed by atoms with Crippen LogP contribution < -0.4 is 10.1 Å². The number of nitrogens with zero attached hydrogens (tertiary/aromatic N) is 1. The van der Waals surface area contributed by atoms with Crippen molar-refractivity contribution in [2.24, 2.45) is 0 Å². The zero-order valence-electron chi connectivity index (χ0n) is 11.1. The molecule has 2 rings (SSSR count). The minimum absolute atomic E-state index is 0.291. The molecule has 0 saturated heterocycles. The van der Waals surface area contributed by atoms with E-state index in [-0.39, 0.29) is 5.91 Å². The van der Waals surface area contributed by atoms with Crippen LogP contribution in [0.5, 0.6) is 5.75 Å². The molecule has 0 bridgehead atoms. The van der Waals surface area contributed by atoms with Crippen molar-refractivity contribution in [1.82, 2.24) is 4.98 Å². The van der Waals surface area contributed by atoms with Gasteiger partial charge in [-0.2, -0.15) is 0 Å². The van der Waals surface area contributed by atoms with Crippen LogP contribution in [0.4, 0.5) is 5.69 Å². The molecule has 0 unspecified atom stereocenters. The Bertz CT molecular complexity index is 673. The molecule has 0 aliphatic carbocycles. The van der Waals surface area contributed by atoms with Gasteiger partial charge in [-0.25, -0.2) is 0 Å². The first-order chi connectivity index (χ1) is 10.1. The van der Waals surface area contributed by atoms with E-state index in [1.165, 1.54) is 13.2 Å². The molecule has 4 nitrogen and oxygen atoms in total. The summed E-state index contributed by atoms with van der Waals surface area (Å²) < 4.78 is 5.20. The second-order valence-corrected chi connectivity index (χ2v) is 4.92.